The highest BCUT2D eigenvalue weighted by Crippen LogP contribution is 2.06. The lowest BCUT2D eigenvalue weighted by atomic mass is 10.0. The van der Waals surface area contributed by atoms with E-state index in [9.17, 15) is 4.79 Å². The molecule has 2 atom stereocenters. The zero-order chi connectivity index (χ0) is 7.56. The Morgan fingerprint density at radius 3 is 2.60 bits per heavy atom. The van der Waals surface area contributed by atoms with Gasteiger partial charge in [-0.1, -0.05) is 12.2 Å². The molecule has 2 nitrogen and oxygen atoms in total. The van der Waals surface area contributed by atoms with Crippen molar-refractivity contribution in [2.45, 2.75) is 19.9 Å². The van der Waals surface area contributed by atoms with E-state index in [0.717, 1.165) is 0 Å². The third-order valence-corrected chi connectivity index (χ3v) is 1.55. The Kier molecular flexibility index (Phi) is 2.00. The van der Waals surface area contributed by atoms with Crippen molar-refractivity contribution in [3.8, 4) is 0 Å². The summed E-state index contributed by atoms with van der Waals surface area (Å²) < 4.78 is 0. The average molecular weight is 137 g/mol. The molecule has 1 heterocycles. The van der Waals surface area contributed by atoms with E-state index in [-0.39, 0.29) is 17.7 Å². The van der Waals surface area contributed by atoms with Gasteiger partial charge in [-0.15, -0.1) is 0 Å². The molecule has 0 N–H and O–H groups in total. The number of allylic oxidation sites excluding steroid dienone is 1. The van der Waals surface area contributed by atoms with Crippen LogP contribution in [0, 0.1) is 5.92 Å². The van der Waals surface area contributed by atoms with E-state index in [1.165, 1.54) is 0 Å². The number of dihydropyridines is 1. The highest BCUT2D eigenvalue weighted by atomic mass is 16.1. The fourth-order valence-electron chi connectivity index (χ4n) is 0.849. The van der Waals surface area contributed by atoms with Gasteiger partial charge in [0.1, 0.15) is 5.78 Å². The van der Waals surface area contributed by atoms with E-state index in [1.807, 2.05) is 19.1 Å². The molecule has 0 bridgehead atoms. The number of carbonyl (C=O) groups is 1. The minimum atomic E-state index is -0.0730. The van der Waals surface area contributed by atoms with E-state index < -0.39 is 0 Å². The lowest BCUT2D eigenvalue weighted by Gasteiger charge is -2.09. The van der Waals surface area contributed by atoms with E-state index in [2.05, 4.69) is 4.99 Å². The van der Waals surface area contributed by atoms with Gasteiger partial charge in [-0.2, -0.15) is 0 Å². The Balaban J connectivity index is 2.62. The quantitative estimate of drug-likeness (QED) is 0.500. The molecule has 10 heavy (non-hydrogen) atoms. The molecule has 0 spiro atoms. The van der Waals surface area contributed by atoms with Gasteiger partial charge < -0.3 is 0 Å². The van der Waals surface area contributed by atoms with Crippen LogP contribution in [0.4, 0.5) is 0 Å². The molecule has 0 aliphatic carbocycles. The van der Waals surface area contributed by atoms with Gasteiger partial charge in [-0.3, -0.25) is 9.79 Å². The molecular formula is C8H11NO. The SMILES string of the molecule is CC(=O)C1C=CC(C)N=C1. The number of aliphatic imine (C=N–C) groups is 1. The molecule has 0 aromatic carbocycles. The maximum atomic E-state index is 10.8. The van der Waals surface area contributed by atoms with E-state index in [1.54, 1.807) is 13.1 Å². The van der Waals surface area contributed by atoms with Crippen LogP contribution < -0.4 is 0 Å². The highest BCUT2D eigenvalue weighted by Gasteiger charge is 2.10. The number of hydrogen-bond acceptors (Lipinski definition) is 2. The molecule has 0 aromatic heterocycles. The minimum Gasteiger partial charge on any atom is -0.299 e. The third kappa shape index (κ3) is 1.53. The third-order valence-electron chi connectivity index (χ3n) is 1.55. The Hall–Kier alpha value is -0.920. The first-order valence-electron chi connectivity index (χ1n) is 3.42. The summed E-state index contributed by atoms with van der Waals surface area (Å²) in [5.41, 5.74) is 0. The summed E-state index contributed by atoms with van der Waals surface area (Å²) in [6.45, 7) is 3.57. The Labute approximate surface area is 60.7 Å². The molecule has 2 heteroatoms. The highest BCUT2D eigenvalue weighted by molar-refractivity contribution is 5.95. The summed E-state index contributed by atoms with van der Waals surface area (Å²) in [4.78, 5) is 14.9. The predicted molar refractivity (Wildman–Crippen MR) is 41.3 cm³/mol. The first kappa shape index (κ1) is 7.19. The molecule has 2 unspecified atom stereocenters. The fraction of sp³-hybridized carbons (Fsp3) is 0.500. The van der Waals surface area contributed by atoms with E-state index in [4.69, 9.17) is 0 Å². The van der Waals surface area contributed by atoms with Crippen LogP contribution in [-0.4, -0.2) is 18.0 Å². The van der Waals surface area contributed by atoms with Gasteiger partial charge in [-0.05, 0) is 13.8 Å². The standard InChI is InChI=1S/C8H11NO/c1-6-3-4-8(5-9-6)7(2)10/h3-6,8H,1-2H3. The lowest BCUT2D eigenvalue weighted by Crippen LogP contribution is -2.14. The van der Waals surface area contributed by atoms with E-state index in [0.29, 0.717) is 0 Å². The van der Waals surface area contributed by atoms with Gasteiger partial charge in [0.25, 0.3) is 0 Å². The lowest BCUT2D eigenvalue weighted by molar-refractivity contribution is -0.117. The fourth-order valence-corrected chi connectivity index (χ4v) is 0.849. The van der Waals surface area contributed by atoms with E-state index >= 15 is 0 Å². The Bertz CT molecular complexity index is 179. The average Bonchev–Trinajstić information content (AvgIpc) is 1.88. The first-order valence-corrected chi connectivity index (χ1v) is 3.42. The van der Waals surface area contributed by atoms with Crippen LogP contribution in [-0.2, 0) is 4.79 Å². The minimum absolute atomic E-state index is 0.0730. The normalized spacial score (nSPS) is 30.6. The molecule has 0 radical (unpaired) electrons. The maximum absolute atomic E-state index is 10.8. The van der Waals surface area contributed by atoms with Crippen molar-refractivity contribution in [1.29, 1.82) is 0 Å². The van der Waals surface area contributed by atoms with Crippen molar-refractivity contribution in [3.05, 3.63) is 12.2 Å². The van der Waals surface area contributed by atoms with Crippen LogP contribution in [0.15, 0.2) is 17.1 Å². The topological polar surface area (TPSA) is 29.4 Å². The summed E-state index contributed by atoms with van der Waals surface area (Å²) in [7, 11) is 0. The van der Waals surface area contributed by atoms with Crippen molar-refractivity contribution in [2.75, 3.05) is 0 Å². The molecule has 0 fully saturated rings. The van der Waals surface area contributed by atoms with Crippen molar-refractivity contribution in [2.24, 2.45) is 10.9 Å². The van der Waals surface area contributed by atoms with Crippen molar-refractivity contribution in [1.82, 2.24) is 0 Å². The molecule has 0 amide bonds. The van der Waals surface area contributed by atoms with Gasteiger partial charge in [0.15, 0.2) is 0 Å². The summed E-state index contributed by atoms with van der Waals surface area (Å²) in [6.07, 6.45) is 5.57. The summed E-state index contributed by atoms with van der Waals surface area (Å²) in [5.74, 6) is 0.0862. The smallest absolute Gasteiger partial charge is 0.141 e. The van der Waals surface area contributed by atoms with Crippen LogP contribution in [0.5, 0.6) is 0 Å². The van der Waals surface area contributed by atoms with Crippen LogP contribution in [0.3, 0.4) is 0 Å². The molecule has 0 saturated carbocycles. The predicted octanol–water partition coefficient (Wildman–Crippen LogP) is 1.22. The molecule has 1 aliphatic rings. The second kappa shape index (κ2) is 2.78. The molecule has 1 rings (SSSR count). The number of nitrogens with zero attached hydrogens (tertiary/aromatic N) is 1. The molecule has 1 aliphatic heterocycles. The number of ketones is 1. The summed E-state index contributed by atoms with van der Waals surface area (Å²) in [6, 6.07) is 0.246. The molecule has 54 valence electrons. The Morgan fingerprint density at radius 2 is 2.20 bits per heavy atom. The van der Waals surface area contributed by atoms with Gasteiger partial charge in [-0.25, -0.2) is 0 Å². The van der Waals surface area contributed by atoms with Crippen molar-refractivity contribution in [3.63, 3.8) is 0 Å². The summed E-state index contributed by atoms with van der Waals surface area (Å²) in [5, 5.41) is 0. The van der Waals surface area contributed by atoms with Crippen LogP contribution in [0.25, 0.3) is 0 Å². The van der Waals surface area contributed by atoms with Crippen LogP contribution in [0.1, 0.15) is 13.8 Å². The number of hydrogen-bond donors (Lipinski definition) is 0. The van der Waals surface area contributed by atoms with Gasteiger partial charge in [0, 0.05) is 6.21 Å². The number of Topliss-reactive ketones (excluding diaryl/α,β-unsaturated/α-hetero) is 1. The zero-order valence-electron chi connectivity index (χ0n) is 6.24. The Morgan fingerprint density at radius 1 is 1.50 bits per heavy atom. The molecule has 0 saturated heterocycles. The van der Waals surface area contributed by atoms with Crippen molar-refractivity contribution < 1.29 is 4.79 Å². The van der Waals surface area contributed by atoms with Crippen LogP contribution in [0.2, 0.25) is 0 Å². The molecule has 0 aromatic rings. The largest absolute Gasteiger partial charge is 0.299 e. The number of carbonyl (C=O) groups excluding carboxylic acids is 1. The monoisotopic (exact) mass is 137 g/mol. The second-order valence-corrected chi connectivity index (χ2v) is 2.56. The molecular weight excluding hydrogens is 126 g/mol. The van der Waals surface area contributed by atoms with Gasteiger partial charge in [0.2, 0.25) is 0 Å². The van der Waals surface area contributed by atoms with Crippen LogP contribution >= 0.6 is 0 Å². The zero-order valence-corrected chi connectivity index (χ0v) is 6.24. The number of rotatable bonds is 1. The summed E-state index contributed by atoms with van der Waals surface area (Å²) >= 11 is 0. The van der Waals surface area contributed by atoms with Gasteiger partial charge >= 0.3 is 0 Å². The van der Waals surface area contributed by atoms with Crippen molar-refractivity contribution >= 4 is 12.0 Å². The first-order chi connectivity index (χ1) is 4.70. The van der Waals surface area contributed by atoms with Gasteiger partial charge in [0.05, 0.1) is 12.0 Å². The maximum Gasteiger partial charge on any atom is 0.141 e. The second-order valence-electron chi connectivity index (χ2n) is 2.56.